The van der Waals surface area contributed by atoms with E-state index < -0.39 is 6.10 Å². The predicted octanol–water partition coefficient (Wildman–Crippen LogP) is 2.72. The molecule has 1 aliphatic rings. The molecule has 0 bridgehead atoms. The predicted molar refractivity (Wildman–Crippen MR) is 93.9 cm³/mol. The summed E-state index contributed by atoms with van der Waals surface area (Å²) in [6, 6.07) is 12.5. The smallest absolute Gasteiger partial charge is 0.265 e. The highest BCUT2D eigenvalue weighted by Gasteiger charge is 2.23. The maximum atomic E-state index is 12.4. The third kappa shape index (κ3) is 3.17. The Balaban J connectivity index is 1.79. The van der Waals surface area contributed by atoms with E-state index in [9.17, 15) is 9.59 Å². The standard InChI is InChI=1S/C18H19N3O3/c1-11-17(22)20-15-10-13(7-8-16(15)24-11)19-18(23)12-5-4-6-14(9-12)21(2)3/h4-11H,1-3H3,(H,19,23)(H,20,22)/t11-/m1/s1. The highest BCUT2D eigenvalue weighted by atomic mass is 16.5. The average Bonchev–Trinajstić information content (AvgIpc) is 2.56. The Hall–Kier alpha value is -3.02. The molecule has 0 fully saturated rings. The number of hydrogen-bond acceptors (Lipinski definition) is 4. The molecule has 24 heavy (non-hydrogen) atoms. The number of benzene rings is 2. The largest absolute Gasteiger partial charge is 0.479 e. The van der Waals surface area contributed by atoms with Gasteiger partial charge >= 0.3 is 0 Å². The van der Waals surface area contributed by atoms with E-state index in [0.717, 1.165) is 5.69 Å². The normalized spacial score (nSPS) is 15.8. The quantitative estimate of drug-likeness (QED) is 0.910. The van der Waals surface area contributed by atoms with Gasteiger partial charge in [0.05, 0.1) is 5.69 Å². The Bertz CT molecular complexity index is 802. The van der Waals surface area contributed by atoms with Crippen molar-refractivity contribution >= 4 is 28.9 Å². The van der Waals surface area contributed by atoms with Crippen LogP contribution in [0.5, 0.6) is 5.75 Å². The van der Waals surface area contributed by atoms with Gasteiger partial charge in [0.2, 0.25) is 0 Å². The summed E-state index contributed by atoms with van der Waals surface area (Å²) in [7, 11) is 3.84. The maximum absolute atomic E-state index is 12.4. The Labute approximate surface area is 140 Å². The number of carbonyl (C=O) groups excluding carboxylic acids is 2. The van der Waals surface area contributed by atoms with E-state index in [-0.39, 0.29) is 11.8 Å². The zero-order valence-electron chi connectivity index (χ0n) is 13.8. The Morgan fingerprint density at radius 2 is 2.00 bits per heavy atom. The fourth-order valence-electron chi connectivity index (χ4n) is 2.42. The van der Waals surface area contributed by atoms with Crippen LogP contribution in [0.25, 0.3) is 0 Å². The van der Waals surface area contributed by atoms with E-state index in [4.69, 9.17) is 4.74 Å². The van der Waals surface area contributed by atoms with Crippen molar-refractivity contribution in [3.05, 3.63) is 48.0 Å². The molecule has 0 unspecified atom stereocenters. The molecule has 6 heteroatoms. The molecule has 2 N–H and O–H groups in total. The first-order valence-corrected chi connectivity index (χ1v) is 7.64. The molecular weight excluding hydrogens is 306 g/mol. The van der Waals surface area contributed by atoms with Crippen LogP contribution in [0.1, 0.15) is 17.3 Å². The lowest BCUT2D eigenvalue weighted by atomic mass is 10.1. The SMILES string of the molecule is C[C@H]1Oc2ccc(NC(=O)c3cccc(N(C)C)c3)cc2NC1=O. The summed E-state index contributed by atoms with van der Waals surface area (Å²) in [5.74, 6) is 0.175. The summed E-state index contributed by atoms with van der Waals surface area (Å²) >= 11 is 0. The van der Waals surface area contributed by atoms with E-state index in [1.165, 1.54) is 0 Å². The van der Waals surface area contributed by atoms with Gasteiger partial charge in [0, 0.05) is 31.0 Å². The molecule has 0 radical (unpaired) electrons. The van der Waals surface area contributed by atoms with Crippen LogP contribution >= 0.6 is 0 Å². The number of nitrogens with one attached hydrogen (secondary N) is 2. The fourth-order valence-corrected chi connectivity index (χ4v) is 2.42. The van der Waals surface area contributed by atoms with Crippen molar-refractivity contribution in [2.24, 2.45) is 0 Å². The average molecular weight is 325 g/mol. The third-order valence-electron chi connectivity index (χ3n) is 3.79. The first-order valence-electron chi connectivity index (χ1n) is 7.64. The zero-order chi connectivity index (χ0) is 17.3. The number of ether oxygens (including phenoxy) is 1. The second kappa shape index (κ2) is 6.23. The molecule has 0 saturated heterocycles. The summed E-state index contributed by atoms with van der Waals surface area (Å²) in [5, 5.41) is 5.60. The molecule has 0 spiro atoms. The summed E-state index contributed by atoms with van der Waals surface area (Å²) in [6.45, 7) is 1.69. The molecule has 0 aromatic heterocycles. The van der Waals surface area contributed by atoms with Crippen LogP contribution < -0.4 is 20.3 Å². The minimum atomic E-state index is -0.522. The van der Waals surface area contributed by atoms with Crippen LogP contribution in [0.3, 0.4) is 0 Å². The second-order valence-corrected chi connectivity index (χ2v) is 5.86. The molecule has 0 aliphatic carbocycles. The van der Waals surface area contributed by atoms with Gasteiger partial charge in [-0.3, -0.25) is 9.59 Å². The van der Waals surface area contributed by atoms with Crippen molar-refractivity contribution in [2.75, 3.05) is 29.6 Å². The number of anilines is 3. The van der Waals surface area contributed by atoms with E-state index in [1.54, 1.807) is 31.2 Å². The van der Waals surface area contributed by atoms with Gasteiger partial charge in [-0.05, 0) is 43.3 Å². The number of amides is 2. The van der Waals surface area contributed by atoms with Gasteiger partial charge in [-0.2, -0.15) is 0 Å². The molecule has 0 saturated carbocycles. The maximum Gasteiger partial charge on any atom is 0.265 e. The van der Waals surface area contributed by atoms with Gasteiger partial charge < -0.3 is 20.3 Å². The van der Waals surface area contributed by atoms with Crippen molar-refractivity contribution < 1.29 is 14.3 Å². The minimum absolute atomic E-state index is 0.204. The zero-order valence-corrected chi connectivity index (χ0v) is 13.8. The molecule has 1 aliphatic heterocycles. The summed E-state index contributed by atoms with van der Waals surface area (Å²) < 4.78 is 5.50. The van der Waals surface area contributed by atoms with Crippen LogP contribution in [0.15, 0.2) is 42.5 Å². The number of carbonyl (C=O) groups is 2. The lowest BCUT2D eigenvalue weighted by Gasteiger charge is -2.23. The van der Waals surface area contributed by atoms with Gasteiger partial charge in [-0.25, -0.2) is 0 Å². The molecule has 1 heterocycles. The van der Waals surface area contributed by atoms with Gasteiger partial charge in [0.25, 0.3) is 11.8 Å². The third-order valence-corrected chi connectivity index (χ3v) is 3.79. The highest BCUT2D eigenvalue weighted by Crippen LogP contribution is 2.32. The summed E-state index contributed by atoms with van der Waals surface area (Å²) in [4.78, 5) is 26.0. The van der Waals surface area contributed by atoms with E-state index in [1.807, 2.05) is 37.2 Å². The fraction of sp³-hybridized carbons (Fsp3) is 0.222. The molecule has 2 aromatic rings. The van der Waals surface area contributed by atoms with Crippen molar-refractivity contribution in [3.63, 3.8) is 0 Å². The first kappa shape index (κ1) is 15.9. The molecule has 2 aromatic carbocycles. The van der Waals surface area contributed by atoms with Gasteiger partial charge in [-0.15, -0.1) is 0 Å². The van der Waals surface area contributed by atoms with Crippen LogP contribution in [0.4, 0.5) is 17.1 Å². The summed E-state index contributed by atoms with van der Waals surface area (Å²) in [5.41, 5.74) is 2.65. The van der Waals surface area contributed by atoms with Crippen LogP contribution in [0.2, 0.25) is 0 Å². The number of rotatable bonds is 3. The van der Waals surface area contributed by atoms with Crippen LogP contribution in [0, 0.1) is 0 Å². The van der Waals surface area contributed by atoms with Crippen LogP contribution in [-0.2, 0) is 4.79 Å². The van der Waals surface area contributed by atoms with E-state index >= 15 is 0 Å². The summed E-state index contributed by atoms with van der Waals surface area (Å²) in [6.07, 6.45) is -0.522. The molecule has 124 valence electrons. The Kier molecular flexibility index (Phi) is 4.12. The van der Waals surface area contributed by atoms with Crippen molar-refractivity contribution in [1.29, 1.82) is 0 Å². The number of fused-ring (bicyclic) bond motifs is 1. The lowest BCUT2D eigenvalue weighted by Crippen LogP contribution is -2.34. The van der Waals surface area contributed by atoms with Crippen molar-refractivity contribution in [2.45, 2.75) is 13.0 Å². The number of hydrogen-bond donors (Lipinski definition) is 2. The minimum Gasteiger partial charge on any atom is -0.479 e. The van der Waals surface area contributed by atoms with Gasteiger partial charge in [0.15, 0.2) is 6.10 Å². The Morgan fingerprint density at radius 3 is 2.75 bits per heavy atom. The molecule has 1 atom stereocenters. The topological polar surface area (TPSA) is 70.7 Å². The van der Waals surface area contributed by atoms with Crippen molar-refractivity contribution in [1.82, 2.24) is 0 Å². The lowest BCUT2D eigenvalue weighted by molar-refractivity contribution is -0.122. The van der Waals surface area contributed by atoms with Gasteiger partial charge in [-0.1, -0.05) is 6.07 Å². The second-order valence-electron chi connectivity index (χ2n) is 5.86. The Morgan fingerprint density at radius 1 is 1.21 bits per heavy atom. The van der Waals surface area contributed by atoms with Crippen LogP contribution in [-0.4, -0.2) is 32.0 Å². The molecule has 2 amide bonds. The molecular formula is C18H19N3O3. The number of nitrogens with zero attached hydrogens (tertiary/aromatic N) is 1. The van der Waals surface area contributed by atoms with Gasteiger partial charge in [0.1, 0.15) is 5.75 Å². The van der Waals surface area contributed by atoms with E-state index in [2.05, 4.69) is 10.6 Å². The molecule has 6 nitrogen and oxygen atoms in total. The first-order chi connectivity index (χ1) is 11.4. The molecule has 3 rings (SSSR count). The highest BCUT2D eigenvalue weighted by molar-refractivity contribution is 6.05. The van der Waals surface area contributed by atoms with E-state index in [0.29, 0.717) is 22.7 Å². The van der Waals surface area contributed by atoms with Crippen molar-refractivity contribution in [3.8, 4) is 5.75 Å². The monoisotopic (exact) mass is 325 g/mol.